The molecular formula is C23H19N3O3. The summed E-state index contributed by atoms with van der Waals surface area (Å²) in [7, 11) is 0. The van der Waals surface area contributed by atoms with E-state index in [0.29, 0.717) is 40.4 Å². The van der Waals surface area contributed by atoms with E-state index in [0.717, 1.165) is 0 Å². The lowest BCUT2D eigenvalue weighted by atomic mass is 10.1. The Morgan fingerprint density at radius 2 is 1.48 bits per heavy atom. The largest absolute Gasteiger partial charge is 0.494 e. The number of rotatable bonds is 6. The Bertz CT molecular complexity index is 1070. The molecule has 6 heteroatoms. The number of ether oxygens (including phenoxy) is 1. The molecule has 0 spiro atoms. The van der Waals surface area contributed by atoms with Crippen LogP contribution in [0.15, 0.2) is 72.8 Å². The third-order valence-corrected chi connectivity index (χ3v) is 4.10. The molecule has 0 radical (unpaired) electrons. The Labute approximate surface area is 168 Å². The second-order valence-corrected chi connectivity index (χ2v) is 6.10. The predicted octanol–water partition coefficient (Wildman–Crippen LogP) is 4.46. The maximum atomic E-state index is 12.6. The first-order valence-electron chi connectivity index (χ1n) is 9.05. The van der Waals surface area contributed by atoms with E-state index in [2.05, 4.69) is 10.6 Å². The van der Waals surface area contributed by atoms with Crippen LogP contribution in [0.2, 0.25) is 0 Å². The molecule has 144 valence electrons. The normalized spacial score (nSPS) is 9.93. The molecule has 6 nitrogen and oxygen atoms in total. The van der Waals surface area contributed by atoms with Crippen molar-refractivity contribution in [3.8, 4) is 11.8 Å². The number of carbonyl (C=O) groups is 2. The van der Waals surface area contributed by atoms with Crippen molar-refractivity contribution in [1.82, 2.24) is 0 Å². The molecule has 2 amide bonds. The van der Waals surface area contributed by atoms with Gasteiger partial charge in [0.25, 0.3) is 11.8 Å². The van der Waals surface area contributed by atoms with E-state index in [1.165, 1.54) is 6.07 Å². The lowest BCUT2D eigenvalue weighted by molar-refractivity contribution is 0.101. The van der Waals surface area contributed by atoms with Crippen molar-refractivity contribution in [3.05, 3.63) is 89.5 Å². The van der Waals surface area contributed by atoms with Gasteiger partial charge in [-0.15, -0.1) is 0 Å². The van der Waals surface area contributed by atoms with E-state index in [-0.39, 0.29) is 11.8 Å². The van der Waals surface area contributed by atoms with E-state index >= 15 is 0 Å². The minimum absolute atomic E-state index is 0.304. The Kier molecular flexibility index (Phi) is 6.23. The Morgan fingerprint density at radius 1 is 0.862 bits per heavy atom. The zero-order chi connectivity index (χ0) is 20.6. The van der Waals surface area contributed by atoms with Crippen LogP contribution in [0.3, 0.4) is 0 Å². The van der Waals surface area contributed by atoms with Crippen LogP contribution in [0.5, 0.6) is 5.75 Å². The molecule has 3 aromatic rings. The first kappa shape index (κ1) is 19.6. The van der Waals surface area contributed by atoms with Gasteiger partial charge in [-0.05, 0) is 61.5 Å². The molecule has 0 aliphatic carbocycles. The maximum Gasteiger partial charge on any atom is 0.255 e. The van der Waals surface area contributed by atoms with E-state index < -0.39 is 0 Å². The van der Waals surface area contributed by atoms with Gasteiger partial charge < -0.3 is 15.4 Å². The fourth-order valence-electron chi connectivity index (χ4n) is 2.69. The van der Waals surface area contributed by atoms with Gasteiger partial charge in [0.05, 0.1) is 29.6 Å². The molecule has 0 atom stereocenters. The maximum absolute atomic E-state index is 12.6. The van der Waals surface area contributed by atoms with Crippen LogP contribution in [-0.2, 0) is 0 Å². The number of amides is 2. The van der Waals surface area contributed by atoms with E-state index in [9.17, 15) is 9.59 Å². The third kappa shape index (κ3) is 4.99. The number of nitrogens with zero attached hydrogens (tertiary/aromatic N) is 1. The molecule has 3 aromatic carbocycles. The number of para-hydroxylation sites is 2. The average Bonchev–Trinajstić information content (AvgIpc) is 2.76. The van der Waals surface area contributed by atoms with Crippen LogP contribution in [0, 0.1) is 11.3 Å². The highest BCUT2D eigenvalue weighted by molar-refractivity contribution is 6.10. The van der Waals surface area contributed by atoms with Crippen molar-refractivity contribution in [2.75, 3.05) is 17.2 Å². The fraction of sp³-hybridized carbons (Fsp3) is 0.0870. The number of nitrogens with one attached hydrogen (secondary N) is 2. The fourth-order valence-corrected chi connectivity index (χ4v) is 2.69. The highest BCUT2D eigenvalue weighted by atomic mass is 16.5. The summed E-state index contributed by atoms with van der Waals surface area (Å²) in [5.41, 5.74) is 2.15. The molecule has 29 heavy (non-hydrogen) atoms. The molecule has 0 fully saturated rings. The number of anilines is 2. The molecule has 0 bridgehead atoms. The van der Waals surface area contributed by atoms with Crippen LogP contribution in [0.25, 0.3) is 0 Å². The van der Waals surface area contributed by atoms with Gasteiger partial charge in [-0.2, -0.15) is 5.26 Å². The summed E-state index contributed by atoms with van der Waals surface area (Å²) in [5.74, 6) is 0.0161. The Morgan fingerprint density at radius 3 is 2.07 bits per heavy atom. The highest BCUT2D eigenvalue weighted by Gasteiger charge is 2.12. The number of hydrogen-bond donors (Lipinski definition) is 2. The highest BCUT2D eigenvalue weighted by Crippen LogP contribution is 2.23. The smallest absolute Gasteiger partial charge is 0.255 e. The van der Waals surface area contributed by atoms with Crippen LogP contribution in [0.4, 0.5) is 11.4 Å². The minimum atomic E-state index is -0.370. The van der Waals surface area contributed by atoms with Gasteiger partial charge in [-0.1, -0.05) is 18.2 Å². The summed E-state index contributed by atoms with van der Waals surface area (Å²) >= 11 is 0. The van der Waals surface area contributed by atoms with Crippen LogP contribution < -0.4 is 15.4 Å². The van der Waals surface area contributed by atoms with Gasteiger partial charge in [0.2, 0.25) is 0 Å². The lowest BCUT2D eigenvalue weighted by Crippen LogP contribution is -2.16. The van der Waals surface area contributed by atoms with Crippen molar-refractivity contribution in [1.29, 1.82) is 5.26 Å². The topological polar surface area (TPSA) is 91.2 Å². The molecule has 2 N–H and O–H groups in total. The van der Waals surface area contributed by atoms with Gasteiger partial charge in [-0.3, -0.25) is 9.59 Å². The van der Waals surface area contributed by atoms with Crippen molar-refractivity contribution in [2.45, 2.75) is 6.92 Å². The van der Waals surface area contributed by atoms with E-state index in [4.69, 9.17) is 10.00 Å². The van der Waals surface area contributed by atoms with Crippen LogP contribution >= 0.6 is 0 Å². The molecule has 0 heterocycles. The van der Waals surface area contributed by atoms with Gasteiger partial charge in [-0.25, -0.2) is 0 Å². The van der Waals surface area contributed by atoms with E-state index in [1.807, 2.05) is 13.0 Å². The summed E-state index contributed by atoms with van der Waals surface area (Å²) < 4.78 is 5.38. The van der Waals surface area contributed by atoms with E-state index in [1.54, 1.807) is 66.7 Å². The number of carbonyl (C=O) groups excluding carboxylic acids is 2. The quantitative estimate of drug-likeness (QED) is 0.655. The summed E-state index contributed by atoms with van der Waals surface area (Å²) in [6.45, 7) is 2.44. The monoisotopic (exact) mass is 385 g/mol. The molecule has 0 aliphatic rings. The summed E-state index contributed by atoms with van der Waals surface area (Å²) in [4.78, 5) is 25.1. The molecule has 0 aliphatic heterocycles. The zero-order valence-corrected chi connectivity index (χ0v) is 15.8. The summed E-state index contributed by atoms with van der Waals surface area (Å²) in [6.07, 6.45) is 0. The summed E-state index contributed by atoms with van der Waals surface area (Å²) in [6, 6.07) is 22.1. The average molecular weight is 385 g/mol. The first-order chi connectivity index (χ1) is 14.1. The van der Waals surface area contributed by atoms with Gasteiger partial charge >= 0.3 is 0 Å². The third-order valence-electron chi connectivity index (χ3n) is 4.10. The lowest BCUT2D eigenvalue weighted by Gasteiger charge is -2.13. The Balaban J connectivity index is 1.75. The number of hydrogen-bond acceptors (Lipinski definition) is 4. The Hall–Kier alpha value is -4.11. The van der Waals surface area contributed by atoms with Crippen LogP contribution in [-0.4, -0.2) is 18.4 Å². The molecule has 0 unspecified atom stereocenters. The second-order valence-electron chi connectivity index (χ2n) is 6.10. The van der Waals surface area contributed by atoms with Gasteiger partial charge in [0.15, 0.2) is 0 Å². The predicted molar refractivity (Wildman–Crippen MR) is 111 cm³/mol. The number of benzene rings is 3. The van der Waals surface area contributed by atoms with Crippen molar-refractivity contribution < 1.29 is 14.3 Å². The first-order valence-corrected chi connectivity index (χ1v) is 9.05. The van der Waals surface area contributed by atoms with Crippen molar-refractivity contribution in [2.24, 2.45) is 0 Å². The minimum Gasteiger partial charge on any atom is -0.494 e. The molecule has 0 saturated carbocycles. The second kappa shape index (κ2) is 9.20. The zero-order valence-electron chi connectivity index (χ0n) is 15.8. The SMILES string of the molecule is CCOc1ccc(C(=O)Nc2ccccc2NC(=O)c2cccc(C#N)c2)cc1. The van der Waals surface area contributed by atoms with Gasteiger partial charge in [0.1, 0.15) is 5.75 Å². The van der Waals surface area contributed by atoms with Crippen molar-refractivity contribution >= 4 is 23.2 Å². The summed E-state index contributed by atoms with van der Waals surface area (Å²) in [5, 5.41) is 14.6. The molecule has 3 rings (SSSR count). The standard InChI is InChI=1S/C23H19N3O3/c1-2-29-19-12-10-17(11-13-19)22(27)25-20-8-3-4-9-21(20)26-23(28)18-7-5-6-16(14-18)15-24/h3-14H,2H2,1H3,(H,25,27)(H,26,28). The molecular weight excluding hydrogens is 366 g/mol. The van der Waals surface area contributed by atoms with Crippen LogP contribution in [0.1, 0.15) is 33.2 Å². The van der Waals surface area contributed by atoms with Crippen molar-refractivity contribution in [3.63, 3.8) is 0 Å². The molecule has 0 saturated heterocycles. The number of nitriles is 1. The van der Waals surface area contributed by atoms with Gasteiger partial charge in [0, 0.05) is 11.1 Å². The molecule has 0 aromatic heterocycles.